The summed E-state index contributed by atoms with van der Waals surface area (Å²) >= 11 is 0. The molecule has 1 atom stereocenters. The minimum absolute atomic E-state index is 0.140. The van der Waals surface area contributed by atoms with E-state index in [1.165, 1.54) is 31.2 Å². The predicted molar refractivity (Wildman–Crippen MR) is 94.5 cm³/mol. The molecule has 0 radical (unpaired) electrons. The van der Waals surface area contributed by atoms with E-state index in [9.17, 15) is 14.4 Å². The molecular weight excluding hydrogens is 322 g/mol. The Morgan fingerprint density at radius 3 is 2.00 bits per heavy atom. The molecule has 0 fully saturated rings. The van der Waals surface area contributed by atoms with E-state index in [1.807, 2.05) is 0 Å². The van der Waals surface area contributed by atoms with E-state index in [4.69, 9.17) is 10.8 Å². The van der Waals surface area contributed by atoms with Gasteiger partial charge in [-0.15, -0.1) is 0 Å². The van der Waals surface area contributed by atoms with Crippen LogP contribution in [-0.2, 0) is 16.0 Å². The molecule has 2 amide bonds. The van der Waals surface area contributed by atoms with Crippen molar-refractivity contribution in [1.82, 2.24) is 0 Å². The van der Waals surface area contributed by atoms with Crippen LogP contribution in [0, 0.1) is 0 Å². The van der Waals surface area contributed by atoms with Crippen molar-refractivity contribution in [3.63, 3.8) is 0 Å². The molecule has 7 heteroatoms. The summed E-state index contributed by atoms with van der Waals surface area (Å²) < 4.78 is 0. The zero-order valence-corrected chi connectivity index (χ0v) is 13.7. The van der Waals surface area contributed by atoms with Gasteiger partial charge in [0.15, 0.2) is 0 Å². The van der Waals surface area contributed by atoms with Crippen molar-refractivity contribution >= 4 is 29.2 Å². The van der Waals surface area contributed by atoms with E-state index in [1.54, 1.807) is 24.3 Å². The highest BCUT2D eigenvalue weighted by Gasteiger charge is 2.14. The van der Waals surface area contributed by atoms with Crippen LogP contribution in [0.2, 0.25) is 0 Å². The van der Waals surface area contributed by atoms with Gasteiger partial charge in [-0.25, -0.2) is 4.79 Å². The molecular formula is C18H19N3O4. The first kappa shape index (κ1) is 18.2. The molecule has 0 aliphatic carbocycles. The van der Waals surface area contributed by atoms with Crippen molar-refractivity contribution in [3.05, 3.63) is 59.7 Å². The van der Waals surface area contributed by atoms with Crippen molar-refractivity contribution in [2.45, 2.75) is 19.4 Å². The number of hydrogen-bond acceptors (Lipinski definition) is 4. The van der Waals surface area contributed by atoms with E-state index in [2.05, 4.69) is 10.6 Å². The van der Waals surface area contributed by atoms with Crippen LogP contribution in [0.15, 0.2) is 48.5 Å². The summed E-state index contributed by atoms with van der Waals surface area (Å²) in [5, 5.41) is 14.2. The average molecular weight is 341 g/mol. The predicted octanol–water partition coefficient (Wildman–Crippen LogP) is 1.85. The molecule has 0 heterocycles. The number of anilines is 2. The topological polar surface area (TPSA) is 122 Å². The van der Waals surface area contributed by atoms with Crippen molar-refractivity contribution in [2.75, 3.05) is 10.6 Å². The molecule has 7 nitrogen and oxygen atoms in total. The zero-order valence-electron chi connectivity index (χ0n) is 13.7. The lowest BCUT2D eigenvalue weighted by Crippen LogP contribution is -2.37. The SMILES string of the molecule is CC(=O)Nc1ccc(C[C@H](N)C(=O)Nc2ccc(C(=O)O)cc2)cc1. The van der Waals surface area contributed by atoms with Gasteiger partial charge in [0.25, 0.3) is 0 Å². The Kier molecular flexibility index (Phi) is 5.86. The van der Waals surface area contributed by atoms with Gasteiger partial charge in [-0.3, -0.25) is 9.59 Å². The number of aromatic carboxylic acids is 1. The summed E-state index contributed by atoms with van der Waals surface area (Å²) in [6.45, 7) is 1.43. The smallest absolute Gasteiger partial charge is 0.335 e. The maximum Gasteiger partial charge on any atom is 0.335 e. The number of nitrogens with two attached hydrogens (primary N) is 1. The second-order valence-electron chi connectivity index (χ2n) is 5.56. The lowest BCUT2D eigenvalue weighted by Gasteiger charge is -2.13. The molecule has 25 heavy (non-hydrogen) atoms. The Hall–Kier alpha value is -3.19. The Bertz CT molecular complexity index is 770. The Balaban J connectivity index is 1.93. The number of nitrogens with one attached hydrogen (secondary N) is 2. The van der Waals surface area contributed by atoms with Gasteiger partial charge in [0.1, 0.15) is 0 Å². The van der Waals surface area contributed by atoms with Crippen molar-refractivity contribution in [2.24, 2.45) is 5.73 Å². The lowest BCUT2D eigenvalue weighted by molar-refractivity contribution is -0.117. The monoisotopic (exact) mass is 341 g/mol. The lowest BCUT2D eigenvalue weighted by atomic mass is 10.1. The number of carboxylic acids is 1. The number of benzene rings is 2. The minimum Gasteiger partial charge on any atom is -0.478 e. The normalized spacial score (nSPS) is 11.4. The van der Waals surface area contributed by atoms with Crippen LogP contribution in [0.5, 0.6) is 0 Å². The summed E-state index contributed by atoms with van der Waals surface area (Å²) in [6, 6.07) is 12.1. The standard InChI is InChI=1S/C18H19N3O4/c1-11(22)20-14-6-2-12(3-7-14)10-16(19)17(23)21-15-8-4-13(5-9-15)18(24)25/h2-9,16H,10,19H2,1H3,(H,20,22)(H,21,23)(H,24,25)/t16-/m0/s1. The van der Waals surface area contributed by atoms with E-state index in [0.29, 0.717) is 17.8 Å². The largest absolute Gasteiger partial charge is 0.478 e. The van der Waals surface area contributed by atoms with Gasteiger partial charge in [-0.2, -0.15) is 0 Å². The third kappa shape index (κ3) is 5.43. The second-order valence-corrected chi connectivity index (χ2v) is 5.56. The summed E-state index contributed by atoms with van der Waals surface area (Å²) in [5.41, 5.74) is 8.07. The maximum absolute atomic E-state index is 12.1. The van der Waals surface area contributed by atoms with Crippen LogP contribution < -0.4 is 16.4 Å². The van der Waals surface area contributed by atoms with Gasteiger partial charge >= 0.3 is 5.97 Å². The molecule has 0 saturated heterocycles. The third-order valence-electron chi connectivity index (χ3n) is 3.47. The van der Waals surface area contributed by atoms with Crippen molar-refractivity contribution < 1.29 is 19.5 Å². The highest BCUT2D eigenvalue weighted by molar-refractivity contribution is 5.95. The van der Waals surface area contributed by atoms with Gasteiger partial charge in [0.05, 0.1) is 11.6 Å². The first-order chi connectivity index (χ1) is 11.8. The number of amides is 2. The number of carbonyl (C=O) groups is 3. The molecule has 0 spiro atoms. The number of carboxylic acid groups (broad SMARTS) is 1. The van der Waals surface area contributed by atoms with Crippen LogP contribution in [0.1, 0.15) is 22.8 Å². The zero-order chi connectivity index (χ0) is 18.4. The Labute approximate surface area is 144 Å². The second kappa shape index (κ2) is 8.07. The van der Waals surface area contributed by atoms with Gasteiger partial charge in [-0.1, -0.05) is 12.1 Å². The quantitative estimate of drug-likeness (QED) is 0.639. The highest BCUT2D eigenvalue weighted by Crippen LogP contribution is 2.13. The summed E-state index contributed by atoms with van der Waals surface area (Å²) in [4.78, 5) is 33.9. The van der Waals surface area contributed by atoms with Crippen molar-refractivity contribution in [3.8, 4) is 0 Å². The van der Waals surface area contributed by atoms with Crippen LogP contribution in [0.3, 0.4) is 0 Å². The number of hydrogen-bond donors (Lipinski definition) is 4. The summed E-state index contributed by atoms with van der Waals surface area (Å²) in [6.07, 6.45) is 0.333. The first-order valence-electron chi connectivity index (χ1n) is 7.61. The molecule has 2 aromatic carbocycles. The van der Waals surface area contributed by atoms with Gasteiger partial charge in [0.2, 0.25) is 11.8 Å². The molecule has 0 unspecified atom stereocenters. The molecule has 0 saturated carbocycles. The number of carbonyl (C=O) groups excluding carboxylic acids is 2. The van der Waals surface area contributed by atoms with Crippen LogP contribution in [0.4, 0.5) is 11.4 Å². The van der Waals surface area contributed by atoms with E-state index in [0.717, 1.165) is 5.56 Å². The van der Waals surface area contributed by atoms with Crippen LogP contribution in [0.25, 0.3) is 0 Å². The molecule has 0 aromatic heterocycles. The molecule has 130 valence electrons. The van der Waals surface area contributed by atoms with Crippen LogP contribution in [-0.4, -0.2) is 28.9 Å². The maximum atomic E-state index is 12.1. The average Bonchev–Trinajstić information content (AvgIpc) is 2.56. The molecule has 0 aliphatic heterocycles. The van der Waals surface area contributed by atoms with Gasteiger partial charge in [-0.05, 0) is 48.4 Å². The fraction of sp³-hybridized carbons (Fsp3) is 0.167. The minimum atomic E-state index is -1.03. The molecule has 0 bridgehead atoms. The van der Waals surface area contributed by atoms with Gasteiger partial charge < -0.3 is 21.5 Å². The Morgan fingerprint density at radius 2 is 1.48 bits per heavy atom. The molecule has 2 aromatic rings. The molecule has 5 N–H and O–H groups in total. The number of rotatable bonds is 6. The molecule has 2 rings (SSSR count). The fourth-order valence-corrected chi connectivity index (χ4v) is 2.21. The van der Waals surface area contributed by atoms with E-state index in [-0.39, 0.29) is 17.4 Å². The first-order valence-corrected chi connectivity index (χ1v) is 7.61. The Morgan fingerprint density at radius 1 is 0.960 bits per heavy atom. The van der Waals surface area contributed by atoms with Crippen LogP contribution >= 0.6 is 0 Å². The fourth-order valence-electron chi connectivity index (χ4n) is 2.21. The third-order valence-corrected chi connectivity index (χ3v) is 3.47. The highest BCUT2D eigenvalue weighted by atomic mass is 16.4. The van der Waals surface area contributed by atoms with E-state index >= 15 is 0 Å². The molecule has 0 aliphatic rings. The summed E-state index contributed by atoms with van der Waals surface area (Å²) in [7, 11) is 0. The summed E-state index contributed by atoms with van der Waals surface area (Å²) in [5.74, 6) is -1.55. The van der Waals surface area contributed by atoms with Crippen molar-refractivity contribution in [1.29, 1.82) is 0 Å². The van der Waals surface area contributed by atoms with Gasteiger partial charge in [0, 0.05) is 18.3 Å². The van der Waals surface area contributed by atoms with E-state index < -0.39 is 12.0 Å².